The zero-order valence-corrected chi connectivity index (χ0v) is 15.2. The van der Waals surface area contributed by atoms with Gasteiger partial charge in [0.05, 0.1) is 6.04 Å². The van der Waals surface area contributed by atoms with E-state index in [4.69, 9.17) is 5.73 Å². The molecule has 7 heteroatoms. The van der Waals surface area contributed by atoms with Gasteiger partial charge in [0.25, 0.3) is 0 Å². The van der Waals surface area contributed by atoms with Gasteiger partial charge in [-0.15, -0.1) is 36.2 Å². The van der Waals surface area contributed by atoms with Crippen molar-refractivity contribution in [2.45, 2.75) is 57.5 Å². The van der Waals surface area contributed by atoms with Gasteiger partial charge in [0.1, 0.15) is 5.01 Å². The van der Waals surface area contributed by atoms with E-state index in [1.165, 1.54) is 12.8 Å². The Morgan fingerprint density at radius 1 is 1.36 bits per heavy atom. The molecule has 0 aliphatic heterocycles. The summed E-state index contributed by atoms with van der Waals surface area (Å²) in [6.45, 7) is 2.01. The minimum Gasteiger partial charge on any atom is -0.346 e. The van der Waals surface area contributed by atoms with Crippen molar-refractivity contribution in [3.8, 4) is 0 Å². The van der Waals surface area contributed by atoms with Crippen LogP contribution in [-0.4, -0.2) is 16.9 Å². The molecule has 2 fully saturated rings. The third-order valence-corrected chi connectivity index (χ3v) is 5.43. The minimum absolute atomic E-state index is 0. The lowest BCUT2D eigenvalue weighted by molar-refractivity contribution is -0.127. The van der Waals surface area contributed by atoms with Crippen molar-refractivity contribution in [2.75, 3.05) is 0 Å². The normalized spacial score (nSPS) is 25.5. The molecule has 3 atom stereocenters. The fourth-order valence-electron chi connectivity index (χ4n) is 3.06. The Morgan fingerprint density at radius 3 is 2.64 bits per heavy atom. The zero-order chi connectivity index (χ0) is 14.1. The number of hydrogen-bond donors (Lipinski definition) is 2. The molecular formula is C15H25Cl2N3OS. The number of aryl methyl sites for hydroxylation is 1. The fraction of sp³-hybridized carbons (Fsp3) is 0.733. The monoisotopic (exact) mass is 365 g/mol. The van der Waals surface area contributed by atoms with Crippen molar-refractivity contribution >= 4 is 42.1 Å². The quantitative estimate of drug-likeness (QED) is 0.858. The number of amides is 1. The van der Waals surface area contributed by atoms with E-state index in [0.29, 0.717) is 5.92 Å². The summed E-state index contributed by atoms with van der Waals surface area (Å²) in [5.41, 5.74) is 7.04. The molecule has 2 aliphatic rings. The molecule has 2 saturated carbocycles. The van der Waals surface area contributed by atoms with Crippen molar-refractivity contribution in [1.29, 1.82) is 0 Å². The number of carbonyl (C=O) groups is 1. The maximum absolute atomic E-state index is 12.5. The Bertz CT molecular complexity index is 493. The van der Waals surface area contributed by atoms with Crippen LogP contribution in [0.1, 0.15) is 55.3 Å². The summed E-state index contributed by atoms with van der Waals surface area (Å²) in [6, 6.07) is 0.320. The summed E-state index contributed by atoms with van der Waals surface area (Å²) in [4.78, 5) is 17.0. The van der Waals surface area contributed by atoms with E-state index >= 15 is 0 Å². The van der Waals surface area contributed by atoms with Gasteiger partial charge in [0.15, 0.2) is 0 Å². The lowest BCUT2D eigenvalue weighted by Gasteiger charge is -2.27. The van der Waals surface area contributed by atoms with Crippen LogP contribution >= 0.6 is 36.2 Å². The van der Waals surface area contributed by atoms with Crippen LogP contribution in [0, 0.1) is 18.8 Å². The molecule has 22 heavy (non-hydrogen) atoms. The summed E-state index contributed by atoms with van der Waals surface area (Å²) < 4.78 is 0. The SMILES string of the molecule is Cc1csc(C(NC(=O)C2CCCC(N)C2)C2CC2)n1.Cl.Cl. The van der Waals surface area contributed by atoms with E-state index in [2.05, 4.69) is 15.7 Å². The molecule has 0 radical (unpaired) electrons. The van der Waals surface area contributed by atoms with Gasteiger partial charge in [-0.1, -0.05) is 6.42 Å². The second-order valence-corrected chi connectivity index (χ2v) is 7.16. The van der Waals surface area contributed by atoms with Crippen LogP contribution < -0.4 is 11.1 Å². The summed E-state index contributed by atoms with van der Waals surface area (Å²) >= 11 is 1.66. The van der Waals surface area contributed by atoms with Crippen molar-refractivity contribution in [3.63, 3.8) is 0 Å². The van der Waals surface area contributed by atoms with Crippen LogP contribution in [0.15, 0.2) is 5.38 Å². The van der Waals surface area contributed by atoms with Gasteiger partial charge in [-0.3, -0.25) is 4.79 Å². The molecule has 1 heterocycles. The van der Waals surface area contributed by atoms with Crippen LogP contribution in [0.2, 0.25) is 0 Å². The van der Waals surface area contributed by atoms with E-state index in [0.717, 1.165) is 36.4 Å². The van der Waals surface area contributed by atoms with Crippen molar-refractivity contribution in [1.82, 2.24) is 10.3 Å². The highest BCUT2D eigenvalue weighted by Crippen LogP contribution is 2.42. The number of thiazole rings is 1. The van der Waals surface area contributed by atoms with Gasteiger partial charge < -0.3 is 11.1 Å². The molecule has 0 spiro atoms. The maximum Gasteiger partial charge on any atom is 0.223 e. The van der Waals surface area contributed by atoms with E-state index in [9.17, 15) is 4.79 Å². The van der Waals surface area contributed by atoms with E-state index in [1.54, 1.807) is 11.3 Å². The van der Waals surface area contributed by atoms with Crippen LogP contribution in [0.5, 0.6) is 0 Å². The van der Waals surface area contributed by atoms with Gasteiger partial charge in [-0.05, 0) is 44.9 Å². The fourth-order valence-corrected chi connectivity index (χ4v) is 4.00. The number of nitrogens with two attached hydrogens (primary N) is 1. The third-order valence-electron chi connectivity index (χ3n) is 4.38. The number of nitrogens with one attached hydrogen (secondary N) is 1. The summed E-state index contributed by atoms with van der Waals surface area (Å²) in [7, 11) is 0. The molecule has 2 aliphatic carbocycles. The summed E-state index contributed by atoms with van der Waals surface area (Å²) in [6.07, 6.45) is 6.35. The van der Waals surface area contributed by atoms with Crippen LogP contribution in [0.25, 0.3) is 0 Å². The molecule has 1 amide bonds. The topological polar surface area (TPSA) is 68.0 Å². The number of rotatable bonds is 4. The average Bonchev–Trinajstić information content (AvgIpc) is 3.18. The highest BCUT2D eigenvalue weighted by Gasteiger charge is 2.37. The molecule has 0 saturated heterocycles. The number of aromatic nitrogens is 1. The molecule has 3 unspecified atom stereocenters. The second kappa shape index (κ2) is 8.48. The van der Waals surface area contributed by atoms with Gasteiger partial charge in [-0.25, -0.2) is 4.98 Å². The predicted octanol–water partition coefficient (Wildman–Crippen LogP) is 3.38. The summed E-state index contributed by atoms with van der Waals surface area (Å²) in [5, 5.41) is 6.38. The molecular weight excluding hydrogens is 341 g/mol. The molecule has 0 bridgehead atoms. The lowest BCUT2D eigenvalue weighted by atomic mass is 9.85. The van der Waals surface area contributed by atoms with Gasteiger partial charge >= 0.3 is 0 Å². The van der Waals surface area contributed by atoms with E-state index < -0.39 is 0 Å². The molecule has 4 nitrogen and oxygen atoms in total. The molecule has 3 N–H and O–H groups in total. The standard InChI is InChI=1S/C15H23N3OS.2ClH/c1-9-8-20-15(17-9)13(10-5-6-10)18-14(19)11-3-2-4-12(16)7-11;;/h8,10-13H,2-7,16H2,1H3,(H,18,19);2*1H. The first-order valence-corrected chi connectivity index (χ1v) is 8.49. The smallest absolute Gasteiger partial charge is 0.223 e. The molecule has 3 rings (SSSR count). The largest absolute Gasteiger partial charge is 0.346 e. The highest BCUT2D eigenvalue weighted by molar-refractivity contribution is 7.09. The van der Waals surface area contributed by atoms with Crippen LogP contribution in [0.4, 0.5) is 0 Å². The Hall–Kier alpha value is -0.360. The molecule has 0 aromatic carbocycles. The Labute approximate surface area is 148 Å². The highest BCUT2D eigenvalue weighted by atomic mass is 35.5. The molecule has 1 aromatic rings. The zero-order valence-electron chi connectivity index (χ0n) is 12.8. The van der Waals surface area contributed by atoms with E-state index in [-0.39, 0.29) is 48.7 Å². The number of carbonyl (C=O) groups excluding carboxylic acids is 1. The van der Waals surface area contributed by atoms with Crippen LogP contribution in [0.3, 0.4) is 0 Å². The number of halogens is 2. The molecule has 126 valence electrons. The van der Waals surface area contributed by atoms with Gasteiger partial charge in [0.2, 0.25) is 5.91 Å². The van der Waals surface area contributed by atoms with Crippen molar-refractivity contribution in [3.05, 3.63) is 16.1 Å². The second-order valence-electron chi connectivity index (χ2n) is 6.27. The van der Waals surface area contributed by atoms with Gasteiger partial charge in [0, 0.05) is 23.0 Å². The Balaban J connectivity index is 0.00000121. The molecule has 1 aromatic heterocycles. The Morgan fingerprint density at radius 2 is 2.09 bits per heavy atom. The maximum atomic E-state index is 12.5. The predicted molar refractivity (Wildman–Crippen MR) is 94.9 cm³/mol. The Kier molecular flexibility index (Phi) is 7.59. The first-order chi connectivity index (χ1) is 9.63. The average molecular weight is 366 g/mol. The first-order valence-electron chi connectivity index (χ1n) is 7.61. The summed E-state index contributed by atoms with van der Waals surface area (Å²) in [5.74, 6) is 0.868. The third kappa shape index (κ3) is 4.82. The van der Waals surface area contributed by atoms with Gasteiger partial charge in [-0.2, -0.15) is 0 Å². The number of hydrogen-bond acceptors (Lipinski definition) is 4. The van der Waals surface area contributed by atoms with Crippen molar-refractivity contribution < 1.29 is 4.79 Å². The lowest BCUT2D eigenvalue weighted by Crippen LogP contribution is -2.39. The minimum atomic E-state index is 0. The first kappa shape index (κ1) is 19.7. The van der Waals surface area contributed by atoms with E-state index in [1.807, 2.05) is 6.92 Å². The number of nitrogens with zero attached hydrogens (tertiary/aromatic N) is 1. The van der Waals surface area contributed by atoms with Crippen molar-refractivity contribution in [2.24, 2.45) is 17.6 Å². The van der Waals surface area contributed by atoms with Crippen LogP contribution in [-0.2, 0) is 4.79 Å².